The van der Waals surface area contributed by atoms with Crippen LogP contribution in [-0.2, 0) is 14.4 Å². The molecule has 1 aliphatic carbocycles. The highest BCUT2D eigenvalue weighted by molar-refractivity contribution is 6.45. The monoisotopic (exact) mass is 309 g/mol. The number of carbonyl (C=O) groups excluding carboxylic acids is 4. The molecule has 0 radical (unpaired) electrons. The first-order valence-electron chi connectivity index (χ1n) is 7.83. The fourth-order valence-corrected chi connectivity index (χ4v) is 3.15. The molecule has 0 aromatic rings. The average Bonchev–Trinajstić information content (AvgIpc) is 2.67. The van der Waals surface area contributed by atoms with Gasteiger partial charge in [-0.2, -0.15) is 0 Å². The molecule has 0 aromatic carbocycles. The standard InChI is InChI=1S/C15H23N3O4/c1-4-17-13(20)14(21)18(15(17)22)8-12(19)16-11-7-5-6-9(2)10(11)3/h9-11H,4-8H2,1-3H3,(H,16,19)/t9-,10+,11+/m1/s1. The van der Waals surface area contributed by atoms with Gasteiger partial charge in [-0.15, -0.1) is 0 Å². The van der Waals surface area contributed by atoms with Crippen molar-refractivity contribution in [1.82, 2.24) is 15.1 Å². The van der Waals surface area contributed by atoms with Crippen LogP contribution in [0.1, 0.15) is 40.0 Å². The van der Waals surface area contributed by atoms with Crippen LogP contribution < -0.4 is 5.32 Å². The number of hydrogen-bond acceptors (Lipinski definition) is 4. The zero-order valence-electron chi connectivity index (χ0n) is 13.3. The van der Waals surface area contributed by atoms with E-state index in [1.807, 2.05) is 0 Å². The van der Waals surface area contributed by atoms with E-state index in [1.54, 1.807) is 6.92 Å². The highest BCUT2D eigenvalue weighted by Gasteiger charge is 2.44. The van der Waals surface area contributed by atoms with Gasteiger partial charge in [0.2, 0.25) is 5.91 Å². The van der Waals surface area contributed by atoms with Gasteiger partial charge >= 0.3 is 17.8 Å². The van der Waals surface area contributed by atoms with Gasteiger partial charge in [0.15, 0.2) is 0 Å². The molecule has 0 bridgehead atoms. The maximum atomic E-state index is 12.1. The lowest BCUT2D eigenvalue weighted by molar-refractivity contribution is -0.144. The molecule has 1 heterocycles. The number of imide groups is 2. The van der Waals surface area contributed by atoms with Crippen molar-refractivity contribution in [2.75, 3.05) is 13.1 Å². The van der Waals surface area contributed by atoms with E-state index >= 15 is 0 Å². The minimum atomic E-state index is -0.924. The lowest BCUT2D eigenvalue weighted by atomic mass is 9.78. The topological polar surface area (TPSA) is 86.8 Å². The first-order valence-corrected chi connectivity index (χ1v) is 7.83. The van der Waals surface area contributed by atoms with Crippen LogP contribution in [0, 0.1) is 11.8 Å². The SMILES string of the molecule is CCN1C(=O)C(=O)N(CC(=O)N[C@H]2CCC[C@@H](C)[C@@H]2C)C1=O. The average molecular weight is 309 g/mol. The van der Waals surface area contributed by atoms with Gasteiger partial charge in [0.1, 0.15) is 6.54 Å². The van der Waals surface area contributed by atoms with Crippen LogP contribution >= 0.6 is 0 Å². The smallest absolute Gasteiger partial charge is 0.334 e. The molecule has 122 valence electrons. The number of hydrogen-bond donors (Lipinski definition) is 1. The summed E-state index contributed by atoms with van der Waals surface area (Å²) in [5, 5.41) is 2.90. The molecule has 3 atom stereocenters. The molecule has 2 aliphatic rings. The molecule has 22 heavy (non-hydrogen) atoms. The molecule has 5 amide bonds. The minimum absolute atomic E-state index is 0.0574. The quantitative estimate of drug-likeness (QED) is 0.613. The lowest BCUT2D eigenvalue weighted by Crippen LogP contribution is -2.48. The van der Waals surface area contributed by atoms with E-state index in [4.69, 9.17) is 0 Å². The van der Waals surface area contributed by atoms with E-state index in [0.29, 0.717) is 11.8 Å². The summed E-state index contributed by atoms with van der Waals surface area (Å²) in [5.41, 5.74) is 0. The van der Waals surface area contributed by atoms with E-state index in [2.05, 4.69) is 19.2 Å². The molecular formula is C15H23N3O4. The van der Waals surface area contributed by atoms with E-state index in [0.717, 1.165) is 29.1 Å². The van der Waals surface area contributed by atoms with E-state index in [-0.39, 0.29) is 12.6 Å². The van der Waals surface area contributed by atoms with E-state index in [9.17, 15) is 19.2 Å². The summed E-state index contributed by atoms with van der Waals surface area (Å²) in [5.74, 6) is -1.28. The Kier molecular flexibility index (Phi) is 4.83. The third kappa shape index (κ3) is 2.98. The number of amides is 5. The molecule has 1 N–H and O–H groups in total. The van der Waals surface area contributed by atoms with Gasteiger partial charge in [0.25, 0.3) is 0 Å². The zero-order chi connectivity index (χ0) is 16.4. The summed E-state index contributed by atoms with van der Waals surface area (Å²) < 4.78 is 0. The normalized spacial score (nSPS) is 29.2. The number of nitrogens with one attached hydrogen (secondary N) is 1. The summed E-state index contributed by atoms with van der Waals surface area (Å²) in [6.45, 7) is 5.60. The van der Waals surface area contributed by atoms with Crippen molar-refractivity contribution in [3.63, 3.8) is 0 Å². The Balaban J connectivity index is 1.96. The Labute approximate surface area is 130 Å². The predicted molar refractivity (Wildman–Crippen MR) is 78.6 cm³/mol. The largest absolute Gasteiger partial charge is 0.352 e. The third-order valence-electron chi connectivity index (χ3n) is 4.81. The first kappa shape index (κ1) is 16.5. The predicted octanol–water partition coefficient (Wildman–Crippen LogP) is 0.738. The second-order valence-electron chi connectivity index (χ2n) is 6.16. The summed E-state index contributed by atoms with van der Waals surface area (Å²) in [4.78, 5) is 49.0. The molecule has 7 heteroatoms. The van der Waals surface area contributed by atoms with Gasteiger partial charge in [-0.05, 0) is 25.2 Å². The summed E-state index contributed by atoms with van der Waals surface area (Å²) in [6, 6.07) is -0.653. The lowest BCUT2D eigenvalue weighted by Gasteiger charge is -2.34. The summed E-state index contributed by atoms with van der Waals surface area (Å²) >= 11 is 0. The maximum absolute atomic E-state index is 12.1. The Morgan fingerprint density at radius 3 is 2.36 bits per heavy atom. The molecule has 0 spiro atoms. The number of carbonyl (C=O) groups is 4. The molecule has 1 saturated carbocycles. The Morgan fingerprint density at radius 1 is 1.14 bits per heavy atom. The molecule has 2 fully saturated rings. The second-order valence-corrected chi connectivity index (χ2v) is 6.16. The molecular weight excluding hydrogens is 286 g/mol. The summed E-state index contributed by atoms with van der Waals surface area (Å²) in [6.07, 6.45) is 3.11. The highest BCUT2D eigenvalue weighted by Crippen LogP contribution is 2.29. The second kappa shape index (κ2) is 6.46. The van der Waals surface area contributed by atoms with Crippen molar-refractivity contribution in [2.24, 2.45) is 11.8 Å². The maximum Gasteiger partial charge on any atom is 0.334 e. The fraction of sp³-hybridized carbons (Fsp3) is 0.733. The van der Waals surface area contributed by atoms with Gasteiger partial charge in [0.05, 0.1) is 0 Å². The third-order valence-corrected chi connectivity index (χ3v) is 4.81. The van der Waals surface area contributed by atoms with Crippen LogP contribution in [0.5, 0.6) is 0 Å². The van der Waals surface area contributed by atoms with Crippen molar-refractivity contribution in [2.45, 2.75) is 46.1 Å². The van der Waals surface area contributed by atoms with Crippen LogP contribution in [0.2, 0.25) is 0 Å². The molecule has 0 unspecified atom stereocenters. The van der Waals surface area contributed by atoms with Gasteiger partial charge in [-0.1, -0.05) is 26.7 Å². The molecule has 7 nitrogen and oxygen atoms in total. The van der Waals surface area contributed by atoms with Crippen molar-refractivity contribution in [3.8, 4) is 0 Å². The van der Waals surface area contributed by atoms with E-state index in [1.165, 1.54) is 0 Å². The van der Waals surface area contributed by atoms with Crippen LogP contribution in [0.25, 0.3) is 0 Å². The number of urea groups is 1. The molecule has 0 aromatic heterocycles. The zero-order valence-corrected chi connectivity index (χ0v) is 13.3. The highest BCUT2D eigenvalue weighted by atomic mass is 16.2. The van der Waals surface area contributed by atoms with E-state index < -0.39 is 30.3 Å². The Morgan fingerprint density at radius 2 is 1.77 bits per heavy atom. The van der Waals surface area contributed by atoms with Crippen molar-refractivity contribution < 1.29 is 19.2 Å². The van der Waals surface area contributed by atoms with Gasteiger partial charge < -0.3 is 5.32 Å². The Hall–Kier alpha value is -1.92. The van der Waals surface area contributed by atoms with Crippen molar-refractivity contribution in [3.05, 3.63) is 0 Å². The van der Waals surface area contributed by atoms with Gasteiger partial charge in [-0.25, -0.2) is 9.69 Å². The molecule has 1 aliphatic heterocycles. The number of rotatable bonds is 4. The molecule has 2 rings (SSSR count). The van der Waals surface area contributed by atoms with Gasteiger partial charge in [0, 0.05) is 12.6 Å². The number of likely N-dealkylation sites (N-methyl/N-ethyl adjacent to an activating group) is 1. The number of nitrogens with zero attached hydrogens (tertiary/aromatic N) is 2. The van der Waals surface area contributed by atoms with Crippen molar-refractivity contribution >= 4 is 23.8 Å². The van der Waals surface area contributed by atoms with Crippen LogP contribution in [0.15, 0.2) is 0 Å². The minimum Gasteiger partial charge on any atom is -0.352 e. The van der Waals surface area contributed by atoms with Crippen LogP contribution in [-0.4, -0.2) is 52.7 Å². The van der Waals surface area contributed by atoms with Crippen LogP contribution in [0.4, 0.5) is 4.79 Å². The first-order chi connectivity index (χ1) is 10.4. The molecule has 1 saturated heterocycles. The Bertz CT molecular complexity index is 505. The van der Waals surface area contributed by atoms with Crippen LogP contribution in [0.3, 0.4) is 0 Å². The summed E-state index contributed by atoms with van der Waals surface area (Å²) in [7, 11) is 0. The van der Waals surface area contributed by atoms with Gasteiger partial charge in [-0.3, -0.25) is 19.3 Å². The fourth-order valence-electron chi connectivity index (χ4n) is 3.15. The van der Waals surface area contributed by atoms with Crippen molar-refractivity contribution in [1.29, 1.82) is 0 Å².